The molecule has 0 spiro atoms. The summed E-state index contributed by atoms with van der Waals surface area (Å²) in [6, 6.07) is 5.53. The van der Waals surface area contributed by atoms with Crippen LogP contribution in [0.15, 0.2) is 23.2 Å². The summed E-state index contributed by atoms with van der Waals surface area (Å²) in [6.45, 7) is 7.75. The van der Waals surface area contributed by atoms with Gasteiger partial charge in [0.1, 0.15) is 5.84 Å². The van der Waals surface area contributed by atoms with Gasteiger partial charge >= 0.3 is 0 Å². The van der Waals surface area contributed by atoms with E-state index < -0.39 is 0 Å². The van der Waals surface area contributed by atoms with Gasteiger partial charge in [0.25, 0.3) is 0 Å². The minimum Gasteiger partial charge on any atom is -0.378 e. The molecular formula is C16H22Cl2N2O. The summed E-state index contributed by atoms with van der Waals surface area (Å²) < 4.78 is 5.44. The first-order valence-electron chi connectivity index (χ1n) is 7.48. The Kier molecular flexibility index (Phi) is 6.34. The summed E-state index contributed by atoms with van der Waals surface area (Å²) in [5, 5.41) is 1.10. The Morgan fingerprint density at radius 3 is 2.62 bits per heavy atom. The van der Waals surface area contributed by atoms with Crippen molar-refractivity contribution in [1.29, 1.82) is 0 Å². The lowest BCUT2D eigenvalue weighted by atomic mass is 10.0. The molecule has 0 radical (unpaired) electrons. The fourth-order valence-corrected chi connectivity index (χ4v) is 2.83. The molecule has 21 heavy (non-hydrogen) atoms. The number of halogens is 2. The molecule has 0 aromatic heterocycles. The van der Waals surface area contributed by atoms with Crippen molar-refractivity contribution in [3.05, 3.63) is 28.2 Å². The zero-order valence-electron chi connectivity index (χ0n) is 12.6. The summed E-state index contributed by atoms with van der Waals surface area (Å²) in [4.78, 5) is 7.17. The summed E-state index contributed by atoms with van der Waals surface area (Å²) >= 11 is 12.1. The van der Waals surface area contributed by atoms with Gasteiger partial charge in [0, 0.05) is 19.0 Å². The van der Waals surface area contributed by atoms with Crippen molar-refractivity contribution >= 4 is 34.7 Å². The van der Waals surface area contributed by atoms with E-state index in [9.17, 15) is 0 Å². The van der Waals surface area contributed by atoms with Gasteiger partial charge in [-0.15, -0.1) is 0 Å². The molecule has 1 atom stereocenters. The Bertz CT molecular complexity index is 499. The SMILES string of the molecule is CCCC(C)C(=Nc1ccc(Cl)c(Cl)c1)N1CCOCC1. The van der Waals surface area contributed by atoms with Crippen LogP contribution in [-0.4, -0.2) is 37.0 Å². The van der Waals surface area contributed by atoms with E-state index >= 15 is 0 Å². The zero-order valence-corrected chi connectivity index (χ0v) is 14.1. The van der Waals surface area contributed by atoms with Gasteiger partial charge in [-0.25, -0.2) is 4.99 Å². The van der Waals surface area contributed by atoms with Crippen molar-refractivity contribution < 1.29 is 4.74 Å². The molecule has 116 valence electrons. The monoisotopic (exact) mass is 328 g/mol. The highest BCUT2D eigenvalue weighted by atomic mass is 35.5. The molecule has 1 aromatic rings. The van der Waals surface area contributed by atoms with Crippen LogP contribution < -0.4 is 0 Å². The summed E-state index contributed by atoms with van der Waals surface area (Å²) in [7, 11) is 0. The van der Waals surface area contributed by atoms with Crippen molar-refractivity contribution in [2.75, 3.05) is 26.3 Å². The van der Waals surface area contributed by atoms with Crippen LogP contribution in [-0.2, 0) is 4.74 Å². The van der Waals surface area contributed by atoms with E-state index in [0.29, 0.717) is 16.0 Å². The minimum absolute atomic E-state index is 0.419. The van der Waals surface area contributed by atoms with Gasteiger partial charge in [0.2, 0.25) is 0 Å². The van der Waals surface area contributed by atoms with E-state index in [-0.39, 0.29) is 0 Å². The van der Waals surface area contributed by atoms with E-state index in [0.717, 1.165) is 50.7 Å². The van der Waals surface area contributed by atoms with E-state index in [1.165, 1.54) is 0 Å². The van der Waals surface area contributed by atoms with Gasteiger partial charge in [0.15, 0.2) is 0 Å². The second-order valence-corrected chi connectivity index (χ2v) is 6.17. The summed E-state index contributed by atoms with van der Waals surface area (Å²) in [5.74, 6) is 1.54. The molecule has 1 saturated heterocycles. The maximum atomic E-state index is 6.09. The van der Waals surface area contributed by atoms with Gasteiger partial charge in [0.05, 0.1) is 28.9 Å². The van der Waals surface area contributed by atoms with Gasteiger partial charge in [-0.2, -0.15) is 0 Å². The Hall–Kier alpha value is -0.770. The second kappa shape index (κ2) is 8.02. The molecule has 1 fully saturated rings. The lowest BCUT2D eigenvalue weighted by molar-refractivity contribution is 0.0660. The molecule has 0 saturated carbocycles. The van der Waals surface area contributed by atoms with Gasteiger partial charge in [-0.1, -0.05) is 43.5 Å². The number of ether oxygens (including phenoxy) is 1. The molecule has 0 aliphatic carbocycles. The molecule has 1 aliphatic heterocycles. The topological polar surface area (TPSA) is 24.8 Å². The number of nitrogens with zero attached hydrogens (tertiary/aromatic N) is 2. The molecular weight excluding hydrogens is 307 g/mol. The standard InChI is InChI=1S/C16H22Cl2N2O/c1-3-4-12(2)16(20-7-9-21-10-8-20)19-13-5-6-14(17)15(18)11-13/h5-6,11-12H,3-4,7-10H2,1-2H3. The molecule has 3 nitrogen and oxygen atoms in total. The number of hydrogen-bond acceptors (Lipinski definition) is 2. The van der Waals surface area contributed by atoms with Crippen LogP contribution >= 0.6 is 23.2 Å². The smallest absolute Gasteiger partial charge is 0.108 e. The molecule has 2 rings (SSSR count). The predicted octanol–water partition coefficient (Wildman–Crippen LogP) is 4.79. The number of amidine groups is 1. The van der Waals surface area contributed by atoms with Crippen molar-refractivity contribution in [1.82, 2.24) is 4.90 Å². The number of benzene rings is 1. The lowest BCUT2D eigenvalue weighted by Crippen LogP contribution is -2.43. The summed E-state index contributed by atoms with van der Waals surface area (Å²) in [5.41, 5.74) is 0.855. The van der Waals surface area contributed by atoms with E-state index in [4.69, 9.17) is 32.9 Å². The zero-order chi connectivity index (χ0) is 15.2. The van der Waals surface area contributed by atoms with Gasteiger partial charge in [-0.05, 0) is 24.6 Å². The fraction of sp³-hybridized carbons (Fsp3) is 0.562. The third-order valence-electron chi connectivity index (χ3n) is 3.64. The largest absolute Gasteiger partial charge is 0.378 e. The molecule has 1 unspecified atom stereocenters. The highest BCUT2D eigenvalue weighted by molar-refractivity contribution is 6.42. The molecule has 5 heteroatoms. The van der Waals surface area contributed by atoms with E-state index in [2.05, 4.69) is 18.7 Å². The first-order valence-corrected chi connectivity index (χ1v) is 8.23. The molecule has 0 bridgehead atoms. The van der Waals surface area contributed by atoms with Crippen molar-refractivity contribution in [2.45, 2.75) is 26.7 Å². The number of rotatable bonds is 4. The molecule has 1 aromatic carbocycles. The normalized spacial score (nSPS) is 17.9. The predicted molar refractivity (Wildman–Crippen MR) is 90.0 cm³/mol. The lowest BCUT2D eigenvalue weighted by Gasteiger charge is -2.32. The average Bonchev–Trinajstić information content (AvgIpc) is 2.49. The average molecular weight is 329 g/mol. The molecule has 0 amide bonds. The first kappa shape index (κ1) is 16.6. The third-order valence-corrected chi connectivity index (χ3v) is 4.38. The Labute approximate surface area is 136 Å². The highest BCUT2D eigenvalue weighted by Crippen LogP contribution is 2.28. The van der Waals surface area contributed by atoms with Crippen LogP contribution in [0.2, 0.25) is 10.0 Å². The third kappa shape index (κ3) is 4.60. The summed E-state index contributed by atoms with van der Waals surface area (Å²) in [6.07, 6.45) is 2.27. The Balaban J connectivity index is 2.27. The van der Waals surface area contributed by atoms with E-state index in [1.54, 1.807) is 6.07 Å². The van der Waals surface area contributed by atoms with Crippen LogP contribution in [0.25, 0.3) is 0 Å². The van der Waals surface area contributed by atoms with Crippen molar-refractivity contribution in [3.8, 4) is 0 Å². The molecule has 1 aliphatic rings. The fourth-order valence-electron chi connectivity index (χ4n) is 2.53. The van der Waals surface area contributed by atoms with Crippen LogP contribution in [0.5, 0.6) is 0 Å². The Morgan fingerprint density at radius 2 is 2.00 bits per heavy atom. The molecule has 1 heterocycles. The van der Waals surface area contributed by atoms with Gasteiger partial charge in [-0.3, -0.25) is 0 Å². The first-order chi connectivity index (χ1) is 10.1. The number of morpholine rings is 1. The quantitative estimate of drug-likeness (QED) is 0.586. The number of aliphatic imine (C=N–C) groups is 1. The van der Waals surface area contributed by atoms with E-state index in [1.807, 2.05) is 12.1 Å². The van der Waals surface area contributed by atoms with Crippen LogP contribution in [0.3, 0.4) is 0 Å². The number of hydrogen-bond donors (Lipinski definition) is 0. The minimum atomic E-state index is 0.419. The van der Waals surface area contributed by atoms with Crippen molar-refractivity contribution in [2.24, 2.45) is 10.9 Å². The maximum Gasteiger partial charge on any atom is 0.108 e. The van der Waals surface area contributed by atoms with Gasteiger partial charge < -0.3 is 9.64 Å². The van der Waals surface area contributed by atoms with Crippen LogP contribution in [0, 0.1) is 5.92 Å². The van der Waals surface area contributed by atoms with Crippen molar-refractivity contribution in [3.63, 3.8) is 0 Å². The maximum absolute atomic E-state index is 6.09. The highest BCUT2D eigenvalue weighted by Gasteiger charge is 2.20. The molecule has 0 N–H and O–H groups in total. The second-order valence-electron chi connectivity index (χ2n) is 5.36. The van der Waals surface area contributed by atoms with Crippen LogP contribution in [0.1, 0.15) is 26.7 Å². The van der Waals surface area contributed by atoms with Crippen LogP contribution in [0.4, 0.5) is 5.69 Å². The Morgan fingerprint density at radius 1 is 1.29 bits per heavy atom.